The summed E-state index contributed by atoms with van der Waals surface area (Å²) in [4.78, 5) is 21.1. The third-order valence-electron chi connectivity index (χ3n) is 2.47. The van der Waals surface area contributed by atoms with Gasteiger partial charge in [-0.3, -0.25) is 9.59 Å². The van der Waals surface area contributed by atoms with Gasteiger partial charge in [-0.25, -0.2) is 0 Å². The van der Waals surface area contributed by atoms with E-state index in [4.69, 9.17) is 10.2 Å². The summed E-state index contributed by atoms with van der Waals surface area (Å²) in [5, 5.41) is 20.1. The van der Waals surface area contributed by atoms with Gasteiger partial charge in [0, 0.05) is 5.69 Å². The molecule has 5 nitrogen and oxygen atoms in total. The van der Waals surface area contributed by atoms with Crippen molar-refractivity contribution < 1.29 is 19.8 Å². The lowest BCUT2D eigenvalue weighted by Crippen LogP contribution is -2.13. The van der Waals surface area contributed by atoms with Crippen LogP contribution in [0.2, 0.25) is 0 Å². The number of aryl methyl sites for hydroxylation is 2. The minimum absolute atomic E-state index is 0.0170. The predicted octanol–water partition coefficient (Wildman–Crippen LogP) is 1.43. The van der Waals surface area contributed by atoms with E-state index in [1.165, 1.54) is 0 Å². The molecule has 0 amide bonds. The van der Waals surface area contributed by atoms with E-state index in [-0.39, 0.29) is 13.0 Å². The van der Waals surface area contributed by atoms with Crippen LogP contribution in [0, 0.1) is 13.8 Å². The molecule has 0 heterocycles. The first kappa shape index (κ1) is 13.0. The second-order valence-electron chi connectivity index (χ2n) is 3.91. The van der Waals surface area contributed by atoms with E-state index in [1.54, 1.807) is 12.1 Å². The molecule has 0 saturated heterocycles. The molecule has 0 saturated carbocycles. The van der Waals surface area contributed by atoms with Crippen molar-refractivity contribution in [1.82, 2.24) is 0 Å². The maximum absolute atomic E-state index is 10.7. The molecular formula is C12H15NO4. The Hall–Kier alpha value is -2.04. The van der Waals surface area contributed by atoms with Gasteiger partial charge in [-0.1, -0.05) is 0 Å². The molecule has 1 aromatic rings. The Bertz CT molecular complexity index is 431. The molecule has 1 aromatic carbocycles. The van der Waals surface area contributed by atoms with Gasteiger partial charge >= 0.3 is 11.9 Å². The summed E-state index contributed by atoms with van der Waals surface area (Å²) >= 11 is 0. The van der Waals surface area contributed by atoms with Crippen LogP contribution in [0.25, 0.3) is 0 Å². The zero-order valence-corrected chi connectivity index (χ0v) is 9.78. The van der Waals surface area contributed by atoms with Gasteiger partial charge in [-0.05, 0) is 42.7 Å². The van der Waals surface area contributed by atoms with Gasteiger partial charge in [0.05, 0.1) is 6.42 Å². The molecule has 17 heavy (non-hydrogen) atoms. The van der Waals surface area contributed by atoms with Gasteiger partial charge in [0.25, 0.3) is 0 Å². The molecule has 0 spiro atoms. The highest BCUT2D eigenvalue weighted by Gasteiger charge is 2.09. The fourth-order valence-corrected chi connectivity index (χ4v) is 1.70. The van der Waals surface area contributed by atoms with Crippen molar-refractivity contribution in [2.45, 2.75) is 20.3 Å². The molecule has 0 aromatic heterocycles. The van der Waals surface area contributed by atoms with E-state index in [2.05, 4.69) is 5.32 Å². The largest absolute Gasteiger partial charge is 0.481 e. The van der Waals surface area contributed by atoms with Crippen molar-refractivity contribution in [3.05, 3.63) is 28.8 Å². The molecule has 0 atom stereocenters. The van der Waals surface area contributed by atoms with E-state index < -0.39 is 11.9 Å². The van der Waals surface area contributed by atoms with Crippen LogP contribution >= 0.6 is 0 Å². The summed E-state index contributed by atoms with van der Waals surface area (Å²) < 4.78 is 0. The van der Waals surface area contributed by atoms with Crippen LogP contribution in [0.3, 0.4) is 0 Å². The SMILES string of the molecule is Cc1cc(NCC(=O)O)cc(C)c1CC(=O)O. The standard InChI is InChI=1S/C12H15NO4/c1-7-3-9(13-6-12(16)17)4-8(2)10(7)5-11(14)15/h3-4,13H,5-6H2,1-2H3,(H,14,15)(H,16,17). The Morgan fingerprint density at radius 2 is 1.65 bits per heavy atom. The summed E-state index contributed by atoms with van der Waals surface area (Å²) in [5.41, 5.74) is 3.16. The zero-order valence-electron chi connectivity index (χ0n) is 9.78. The molecule has 0 bridgehead atoms. The number of carbonyl (C=O) groups is 2. The summed E-state index contributed by atoms with van der Waals surface area (Å²) in [6, 6.07) is 3.52. The lowest BCUT2D eigenvalue weighted by molar-refractivity contribution is -0.136. The summed E-state index contributed by atoms with van der Waals surface area (Å²) in [5.74, 6) is -1.81. The highest BCUT2D eigenvalue weighted by Crippen LogP contribution is 2.20. The summed E-state index contributed by atoms with van der Waals surface area (Å²) in [6.07, 6.45) is -0.0170. The fraction of sp³-hybridized carbons (Fsp3) is 0.333. The lowest BCUT2D eigenvalue weighted by Gasteiger charge is -2.11. The fourth-order valence-electron chi connectivity index (χ4n) is 1.70. The number of hydrogen-bond acceptors (Lipinski definition) is 3. The normalized spacial score (nSPS) is 10.0. The molecular weight excluding hydrogens is 222 g/mol. The first-order valence-electron chi connectivity index (χ1n) is 5.17. The van der Waals surface area contributed by atoms with Crippen LogP contribution in [0.1, 0.15) is 16.7 Å². The highest BCUT2D eigenvalue weighted by atomic mass is 16.4. The van der Waals surface area contributed by atoms with E-state index in [0.717, 1.165) is 16.7 Å². The van der Waals surface area contributed by atoms with E-state index in [9.17, 15) is 9.59 Å². The number of carboxylic acids is 2. The Morgan fingerprint density at radius 1 is 1.12 bits per heavy atom. The Kier molecular flexibility index (Phi) is 4.09. The molecule has 0 aliphatic heterocycles. The number of nitrogens with one attached hydrogen (secondary N) is 1. The number of anilines is 1. The maximum Gasteiger partial charge on any atom is 0.322 e. The molecule has 0 unspecified atom stereocenters. The highest BCUT2D eigenvalue weighted by molar-refractivity contribution is 5.74. The third kappa shape index (κ3) is 3.79. The van der Waals surface area contributed by atoms with Gasteiger partial charge in [0.15, 0.2) is 0 Å². The Morgan fingerprint density at radius 3 is 2.06 bits per heavy atom. The van der Waals surface area contributed by atoms with E-state index >= 15 is 0 Å². The molecule has 3 N–H and O–H groups in total. The smallest absolute Gasteiger partial charge is 0.322 e. The zero-order chi connectivity index (χ0) is 13.0. The predicted molar refractivity (Wildman–Crippen MR) is 63.4 cm³/mol. The van der Waals surface area contributed by atoms with Crippen molar-refractivity contribution in [3.63, 3.8) is 0 Å². The third-order valence-corrected chi connectivity index (χ3v) is 2.47. The van der Waals surface area contributed by atoms with E-state index in [1.807, 2.05) is 13.8 Å². The average Bonchev–Trinajstić information content (AvgIpc) is 2.20. The minimum Gasteiger partial charge on any atom is -0.481 e. The number of benzene rings is 1. The van der Waals surface area contributed by atoms with Crippen molar-refractivity contribution >= 4 is 17.6 Å². The Labute approximate surface area is 99.1 Å². The minimum atomic E-state index is -0.935. The molecule has 0 aliphatic rings. The van der Waals surface area contributed by atoms with Crippen LogP contribution in [-0.4, -0.2) is 28.7 Å². The van der Waals surface area contributed by atoms with Gasteiger partial charge in [-0.15, -0.1) is 0 Å². The second-order valence-corrected chi connectivity index (χ2v) is 3.91. The van der Waals surface area contributed by atoms with Crippen LogP contribution in [0.15, 0.2) is 12.1 Å². The lowest BCUT2D eigenvalue weighted by atomic mass is 9.99. The average molecular weight is 237 g/mol. The topological polar surface area (TPSA) is 86.6 Å². The molecule has 5 heteroatoms. The van der Waals surface area contributed by atoms with Crippen LogP contribution < -0.4 is 5.32 Å². The first-order chi connectivity index (χ1) is 7.90. The van der Waals surface area contributed by atoms with Crippen molar-refractivity contribution in [3.8, 4) is 0 Å². The van der Waals surface area contributed by atoms with Crippen LogP contribution in [0.5, 0.6) is 0 Å². The van der Waals surface area contributed by atoms with Gasteiger partial charge in [-0.2, -0.15) is 0 Å². The molecule has 92 valence electrons. The number of carboxylic acid groups (broad SMARTS) is 2. The summed E-state index contributed by atoms with van der Waals surface area (Å²) in [7, 11) is 0. The second kappa shape index (κ2) is 5.34. The quantitative estimate of drug-likeness (QED) is 0.721. The monoisotopic (exact) mass is 237 g/mol. The first-order valence-corrected chi connectivity index (χ1v) is 5.17. The van der Waals surface area contributed by atoms with Gasteiger partial charge < -0.3 is 15.5 Å². The van der Waals surface area contributed by atoms with Crippen molar-refractivity contribution in [1.29, 1.82) is 0 Å². The number of hydrogen-bond donors (Lipinski definition) is 3. The number of rotatable bonds is 5. The molecule has 0 fully saturated rings. The molecule has 1 rings (SSSR count). The van der Waals surface area contributed by atoms with Gasteiger partial charge in [0.2, 0.25) is 0 Å². The molecule has 0 aliphatic carbocycles. The summed E-state index contributed by atoms with van der Waals surface area (Å²) in [6.45, 7) is 3.48. The maximum atomic E-state index is 10.7. The Balaban J connectivity index is 2.92. The van der Waals surface area contributed by atoms with Crippen molar-refractivity contribution in [2.75, 3.05) is 11.9 Å². The number of aliphatic carboxylic acids is 2. The molecule has 0 radical (unpaired) electrons. The van der Waals surface area contributed by atoms with Crippen LogP contribution in [-0.2, 0) is 16.0 Å². The van der Waals surface area contributed by atoms with Gasteiger partial charge in [0.1, 0.15) is 6.54 Å². The van der Waals surface area contributed by atoms with Crippen molar-refractivity contribution in [2.24, 2.45) is 0 Å². The van der Waals surface area contributed by atoms with Crippen LogP contribution in [0.4, 0.5) is 5.69 Å². The van der Waals surface area contributed by atoms with E-state index in [0.29, 0.717) is 5.69 Å².